The van der Waals surface area contributed by atoms with Crippen LogP contribution in [0.15, 0.2) is 54.9 Å². The molecule has 0 N–H and O–H groups in total. The van der Waals surface area contributed by atoms with Gasteiger partial charge >= 0.3 is 11.9 Å². The van der Waals surface area contributed by atoms with Gasteiger partial charge in [0.15, 0.2) is 17.0 Å². The van der Waals surface area contributed by atoms with E-state index < -0.39 is 75.7 Å². The summed E-state index contributed by atoms with van der Waals surface area (Å²) in [6, 6.07) is 13.7. The summed E-state index contributed by atoms with van der Waals surface area (Å²) in [7, 11) is 0. The first kappa shape index (κ1) is 39.4. The molecular formula is C42H46N6O9. The van der Waals surface area contributed by atoms with E-state index in [0.717, 1.165) is 20.9 Å². The molecule has 3 fully saturated rings. The van der Waals surface area contributed by atoms with Gasteiger partial charge in [-0.2, -0.15) is 9.97 Å². The molecule has 15 heteroatoms. The Labute approximate surface area is 329 Å². The maximum absolute atomic E-state index is 14.0. The molecule has 4 aromatic rings. The number of rotatable bonds is 8. The van der Waals surface area contributed by atoms with Gasteiger partial charge < -0.3 is 14.2 Å². The van der Waals surface area contributed by atoms with E-state index in [2.05, 4.69) is 15.0 Å². The van der Waals surface area contributed by atoms with Crippen LogP contribution < -0.4 is 9.80 Å². The van der Waals surface area contributed by atoms with Crippen LogP contribution in [0.4, 0.5) is 11.8 Å². The molecule has 0 saturated carbocycles. The van der Waals surface area contributed by atoms with Gasteiger partial charge in [-0.05, 0) is 93.5 Å². The molecule has 2 aromatic heterocycles. The molecule has 3 saturated heterocycles. The number of carbonyl (C=O) groups excluding carboxylic acids is 6. The zero-order chi connectivity index (χ0) is 41.6. The van der Waals surface area contributed by atoms with Crippen molar-refractivity contribution in [1.29, 1.82) is 0 Å². The minimum Gasteiger partial charge on any atom is -0.459 e. The summed E-state index contributed by atoms with van der Waals surface area (Å²) in [5, 5.41) is 0. The summed E-state index contributed by atoms with van der Waals surface area (Å²) in [6.07, 6.45) is -1.43. The van der Waals surface area contributed by atoms with Gasteiger partial charge in [0.05, 0.1) is 39.1 Å². The number of fused-ring (bicyclic) bond motifs is 1. The minimum absolute atomic E-state index is 0.0256. The summed E-state index contributed by atoms with van der Waals surface area (Å²) >= 11 is 0. The van der Waals surface area contributed by atoms with E-state index in [9.17, 15) is 28.8 Å². The molecule has 57 heavy (non-hydrogen) atoms. The number of imide groups is 2. The quantitative estimate of drug-likeness (QED) is 0.158. The average Bonchev–Trinajstić information content (AvgIpc) is 3.82. The molecule has 0 aliphatic carbocycles. The maximum Gasteiger partial charge on any atom is 0.338 e. The number of aryl methyl sites for hydroxylation is 2. The van der Waals surface area contributed by atoms with Crippen LogP contribution in [0.5, 0.6) is 0 Å². The number of hydrogen-bond acceptors (Lipinski definition) is 12. The summed E-state index contributed by atoms with van der Waals surface area (Å²) in [5.41, 5.74) is -1.99. The van der Waals surface area contributed by atoms with Crippen molar-refractivity contribution in [2.75, 3.05) is 16.4 Å². The summed E-state index contributed by atoms with van der Waals surface area (Å²) in [6.45, 7) is 16.8. The van der Waals surface area contributed by atoms with Crippen molar-refractivity contribution < 1.29 is 43.0 Å². The van der Waals surface area contributed by atoms with Crippen LogP contribution in [0, 0.1) is 35.5 Å². The van der Waals surface area contributed by atoms with Crippen LogP contribution in [0.25, 0.3) is 11.2 Å². The Morgan fingerprint density at radius 2 is 1.18 bits per heavy atom. The third kappa shape index (κ3) is 6.10. The van der Waals surface area contributed by atoms with Crippen LogP contribution in [0.1, 0.15) is 99.9 Å². The average molecular weight is 779 g/mol. The monoisotopic (exact) mass is 778 g/mol. The van der Waals surface area contributed by atoms with Crippen molar-refractivity contribution in [3.8, 4) is 0 Å². The minimum atomic E-state index is -1.15. The molecule has 0 bridgehead atoms. The van der Waals surface area contributed by atoms with Gasteiger partial charge in [0, 0.05) is 6.42 Å². The van der Waals surface area contributed by atoms with Gasteiger partial charge in [-0.1, -0.05) is 35.4 Å². The maximum atomic E-state index is 14.0. The fraction of sp³-hybridized carbons (Fsp3) is 0.452. The van der Waals surface area contributed by atoms with Crippen molar-refractivity contribution in [3.63, 3.8) is 0 Å². The molecule has 0 spiro atoms. The number of carbonyl (C=O) groups is 6. The standard InChI is InChI=1S/C42H46N6O9/c1-22-11-15-24(16-12-22)32(49)55-20-27-26(57-33(50)25-17-13-23(2)14-18-25)19-28(56-27)46-21-43-29-30(46)44-38(48-36(53)41(7,8)42(9,10)37(48)54)45-31(29)47-34(51)39(3,4)40(5,6)35(47)52/h11-18,21,26-28H,19-20H2,1-10H3/t26-,27+,28+/m0/s1. The Kier molecular flexibility index (Phi) is 9.26. The number of hydrogen-bond donors (Lipinski definition) is 0. The smallest absolute Gasteiger partial charge is 0.338 e. The molecule has 2 aromatic carbocycles. The molecule has 15 nitrogen and oxygen atoms in total. The second-order valence-electron chi connectivity index (χ2n) is 17.2. The zero-order valence-corrected chi connectivity index (χ0v) is 33.7. The number of ether oxygens (including phenoxy) is 3. The van der Waals surface area contributed by atoms with Crippen LogP contribution in [-0.2, 0) is 33.4 Å². The molecule has 5 heterocycles. The lowest BCUT2D eigenvalue weighted by Gasteiger charge is -2.28. The number of nitrogens with zero attached hydrogens (tertiary/aromatic N) is 6. The van der Waals surface area contributed by atoms with Crippen molar-refractivity contribution in [3.05, 3.63) is 77.1 Å². The lowest BCUT2D eigenvalue weighted by atomic mass is 9.70. The Morgan fingerprint density at radius 3 is 1.68 bits per heavy atom. The predicted octanol–water partition coefficient (Wildman–Crippen LogP) is 5.66. The molecule has 4 amide bonds. The Morgan fingerprint density at radius 1 is 0.702 bits per heavy atom. The number of amides is 4. The number of benzene rings is 2. The molecular weight excluding hydrogens is 732 g/mol. The van der Waals surface area contributed by atoms with Crippen molar-refractivity contribution in [2.24, 2.45) is 21.7 Å². The number of esters is 2. The van der Waals surface area contributed by atoms with E-state index in [1.165, 1.54) is 10.9 Å². The van der Waals surface area contributed by atoms with Crippen LogP contribution in [-0.4, -0.2) is 73.9 Å². The number of imidazole rings is 1. The summed E-state index contributed by atoms with van der Waals surface area (Å²) in [4.78, 5) is 98.1. The highest BCUT2D eigenvalue weighted by Crippen LogP contribution is 2.51. The molecule has 7 rings (SSSR count). The second-order valence-corrected chi connectivity index (χ2v) is 17.2. The molecule has 298 valence electrons. The van der Waals surface area contributed by atoms with E-state index in [4.69, 9.17) is 14.2 Å². The molecule has 3 aliphatic rings. The lowest BCUT2D eigenvalue weighted by molar-refractivity contribution is -0.129. The first-order chi connectivity index (χ1) is 26.6. The highest BCUT2D eigenvalue weighted by molar-refractivity contribution is 6.27. The first-order valence-corrected chi connectivity index (χ1v) is 18.8. The fourth-order valence-corrected chi connectivity index (χ4v) is 7.07. The molecule has 3 aliphatic heterocycles. The van der Waals surface area contributed by atoms with Crippen LogP contribution in [0.3, 0.4) is 0 Å². The number of anilines is 2. The Bertz CT molecular complexity index is 2310. The molecule has 0 radical (unpaired) electrons. The second kappa shape index (κ2) is 13.4. The van der Waals surface area contributed by atoms with Gasteiger partial charge in [-0.25, -0.2) is 24.4 Å². The topological polar surface area (TPSA) is 180 Å². The van der Waals surface area contributed by atoms with Gasteiger partial charge in [0.2, 0.25) is 29.6 Å². The predicted molar refractivity (Wildman–Crippen MR) is 206 cm³/mol. The van der Waals surface area contributed by atoms with Crippen LogP contribution >= 0.6 is 0 Å². The normalized spacial score (nSPS) is 23.4. The van der Waals surface area contributed by atoms with Gasteiger partial charge in [0.1, 0.15) is 25.0 Å². The van der Waals surface area contributed by atoms with E-state index in [1.54, 1.807) is 104 Å². The Balaban J connectivity index is 1.31. The van der Waals surface area contributed by atoms with E-state index in [0.29, 0.717) is 11.1 Å². The summed E-state index contributed by atoms with van der Waals surface area (Å²) in [5.74, 6) is -3.99. The van der Waals surface area contributed by atoms with Gasteiger partial charge in [-0.15, -0.1) is 0 Å². The van der Waals surface area contributed by atoms with E-state index in [-0.39, 0.29) is 36.0 Å². The summed E-state index contributed by atoms with van der Waals surface area (Å²) < 4.78 is 19.6. The highest BCUT2D eigenvalue weighted by atomic mass is 16.6. The zero-order valence-electron chi connectivity index (χ0n) is 33.7. The third-order valence-electron chi connectivity index (χ3n) is 12.6. The molecule has 3 atom stereocenters. The van der Waals surface area contributed by atoms with Crippen molar-refractivity contribution in [2.45, 2.75) is 94.1 Å². The van der Waals surface area contributed by atoms with Crippen LogP contribution in [0.2, 0.25) is 0 Å². The lowest BCUT2D eigenvalue weighted by Crippen LogP contribution is -2.37. The third-order valence-corrected chi connectivity index (χ3v) is 12.6. The van der Waals surface area contributed by atoms with Crippen molar-refractivity contribution >= 4 is 58.5 Å². The Hall–Kier alpha value is -5.83. The van der Waals surface area contributed by atoms with Crippen molar-refractivity contribution in [1.82, 2.24) is 19.5 Å². The number of aromatic nitrogens is 4. The first-order valence-electron chi connectivity index (χ1n) is 18.8. The van der Waals surface area contributed by atoms with E-state index in [1.807, 2.05) is 13.8 Å². The highest BCUT2D eigenvalue weighted by Gasteiger charge is 2.62. The van der Waals surface area contributed by atoms with E-state index >= 15 is 0 Å². The largest absolute Gasteiger partial charge is 0.459 e. The molecule has 0 unspecified atom stereocenters. The van der Waals surface area contributed by atoms with Gasteiger partial charge in [0.25, 0.3) is 0 Å². The van der Waals surface area contributed by atoms with Gasteiger partial charge in [-0.3, -0.25) is 23.7 Å². The fourth-order valence-electron chi connectivity index (χ4n) is 7.07. The SMILES string of the molecule is Cc1ccc(C(=O)OC[C@H]2O[C@@H](n3cnc4c(N5C(=O)C(C)(C)C(C)(C)C5=O)nc(N5C(=O)C(C)(C)C(C)(C)C5=O)nc43)C[C@@H]2OC(=O)c2ccc(C)cc2)cc1.